The quantitative estimate of drug-likeness (QED) is 0.484. The summed E-state index contributed by atoms with van der Waals surface area (Å²) < 4.78 is 1.88. The number of pyridine rings is 2. The van der Waals surface area contributed by atoms with Crippen LogP contribution in [0.2, 0.25) is 0 Å². The Balaban J connectivity index is 1.48. The molecule has 5 rings (SSSR count). The van der Waals surface area contributed by atoms with Crippen molar-refractivity contribution in [2.24, 2.45) is 0 Å². The van der Waals surface area contributed by atoms with Gasteiger partial charge in [0.1, 0.15) is 0 Å². The van der Waals surface area contributed by atoms with Gasteiger partial charge in [0, 0.05) is 29.7 Å². The molecular formula is C25H27N5. The molecule has 1 saturated heterocycles. The average Bonchev–Trinajstić information content (AvgIpc) is 3.37. The number of likely N-dealkylation sites (tertiary alicyclic amines) is 1. The maximum absolute atomic E-state index is 5.09. The summed E-state index contributed by atoms with van der Waals surface area (Å²) in [6, 6.07) is 17.4. The van der Waals surface area contributed by atoms with E-state index in [0.29, 0.717) is 6.04 Å². The Labute approximate surface area is 177 Å². The summed E-state index contributed by atoms with van der Waals surface area (Å²) >= 11 is 0. The summed E-state index contributed by atoms with van der Waals surface area (Å²) in [5, 5.41) is 5.76. The number of nitrogens with zero attached hydrogens (tertiary/aromatic N) is 5. The molecule has 4 heterocycles. The van der Waals surface area contributed by atoms with Crippen LogP contribution in [0.25, 0.3) is 28.0 Å². The van der Waals surface area contributed by atoms with Crippen molar-refractivity contribution in [3.8, 4) is 17.1 Å². The van der Waals surface area contributed by atoms with E-state index in [1.54, 1.807) is 6.20 Å². The van der Waals surface area contributed by atoms with Crippen LogP contribution in [0.4, 0.5) is 0 Å². The Morgan fingerprint density at radius 2 is 2.00 bits per heavy atom. The Morgan fingerprint density at radius 3 is 2.80 bits per heavy atom. The number of benzene rings is 1. The van der Waals surface area contributed by atoms with E-state index in [-0.39, 0.29) is 0 Å². The molecule has 0 aliphatic carbocycles. The molecule has 1 atom stereocenters. The van der Waals surface area contributed by atoms with Gasteiger partial charge in [0.25, 0.3) is 0 Å². The maximum atomic E-state index is 5.09. The molecule has 3 aromatic heterocycles. The van der Waals surface area contributed by atoms with E-state index in [9.17, 15) is 0 Å². The third kappa shape index (κ3) is 3.50. The van der Waals surface area contributed by atoms with Gasteiger partial charge < -0.3 is 4.90 Å². The number of fused-ring (bicyclic) bond motifs is 1. The Bertz CT molecular complexity index is 1160. The molecule has 30 heavy (non-hydrogen) atoms. The number of rotatable bonds is 5. The van der Waals surface area contributed by atoms with Gasteiger partial charge in [0.05, 0.1) is 23.1 Å². The minimum Gasteiger partial charge on any atom is -0.300 e. The van der Waals surface area contributed by atoms with Crippen LogP contribution < -0.4 is 0 Å². The summed E-state index contributed by atoms with van der Waals surface area (Å²) in [6.45, 7) is 6.73. The lowest BCUT2D eigenvalue weighted by Crippen LogP contribution is -2.29. The van der Waals surface area contributed by atoms with Crippen LogP contribution in [0.5, 0.6) is 0 Å². The summed E-state index contributed by atoms with van der Waals surface area (Å²) in [6.07, 6.45) is 7.35. The van der Waals surface area contributed by atoms with Gasteiger partial charge >= 0.3 is 0 Å². The van der Waals surface area contributed by atoms with Gasteiger partial charge in [-0.2, -0.15) is 5.10 Å². The molecule has 4 aromatic rings. The fourth-order valence-electron chi connectivity index (χ4n) is 4.52. The summed E-state index contributed by atoms with van der Waals surface area (Å²) in [5.41, 5.74) is 5.48. The number of para-hydroxylation sites is 1. The maximum Gasteiger partial charge on any atom is 0.153 e. The van der Waals surface area contributed by atoms with Crippen LogP contribution >= 0.6 is 0 Å². The van der Waals surface area contributed by atoms with Gasteiger partial charge in [-0.1, -0.05) is 30.3 Å². The molecule has 1 aliphatic rings. The Hall–Kier alpha value is -3.05. The number of aromatic nitrogens is 4. The largest absolute Gasteiger partial charge is 0.300 e. The molecule has 1 fully saturated rings. The van der Waals surface area contributed by atoms with E-state index < -0.39 is 0 Å². The average molecular weight is 398 g/mol. The van der Waals surface area contributed by atoms with Gasteiger partial charge in [-0.3, -0.25) is 0 Å². The molecule has 5 heteroatoms. The van der Waals surface area contributed by atoms with Crippen molar-refractivity contribution in [2.75, 3.05) is 13.1 Å². The SMILES string of the molecule is Cc1c(-c2ccc3cccc(CCN4CCC[C@H]4C)c3n2)cnn1-c1ccccn1. The second kappa shape index (κ2) is 8.00. The number of hydrogen-bond donors (Lipinski definition) is 0. The topological polar surface area (TPSA) is 46.8 Å². The van der Waals surface area contributed by atoms with Crippen molar-refractivity contribution in [3.63, 3.8) is 0 Å². The Morgan fingerprint density at radius 1 is 1.07 bits per heavy atom. The minimum atomic E-state index is 0.698. The monoisotopic (exact) mass is 397 g/mol. The normalized spacial score (nSPS) is 17.1. The van der Waals surface area contributed by atoms with Crippen molar-refractivity contribution in [1.82, 2.24) is 24.6 Å². The highest BCUT2D eigenvalue weighted by molar-refractivity contribution is 5.84. The van der Waals surface area contributed by atoms with Crippen molar-refractivity contribution in [3.05, 3.63) is 72.2 Å². The highest BCUT2D eigenvalue weighted by Gasteiger charge is 2.20. The van der Waals surface area contributed by atoms with Crippen LogP contribution in [-0.2, 0) is 6.42 Å². The predicted molar refractivity (Wildman–Crippen MR) is 121 cm³/mol. The van der Waals surface area contributed by atoms with Crippen molar-refractivity contribution in [1.29, 1.82) is 0 Å². The van der Waals surface area contributed by atoms with Gasteiger partial charge in [-0.05, 0) is 63.4 Å². The number of hydrogen-bond acceptors (Lipinski definition) is 4. The second-order valence-electron chi connectivity index (χ2n) is 8.21. The smallest absolute Gasteiger partial charge is 0.153 e. The molecule has 1 aliphatic heterocycles. The lowest BCUT2D eigenvalue weighted by Gasteiger charge is -2.21. The fraction of sp³-hybridized carbons (Fsp3) is 0.320. The summed E-state index contributed by atoms with van der Waals surface area (Å²) in [4.78, 5) is 12.1. The van der Waals surface area contributed by atoms with Crippen molar-refractivity contribution in [2.45, 2.75) is 39.2 Å². The fourth-order valence-corrected chi connectivity index (χ4v) is 4.52. The minimum absolute atomic E-state index is 0.698. The van der Waals surface area contributed by atoms with Gasteiger partial charge in [-0.15, -0.1) is 0 Å². The first-order chi connectivity index (χ1) is 14.7. The highest BCUT2D eigenvalue weighted by Crippen LogP contribution is 2.27. The lowest BCUT2D eigenvalue weighted by molar-refractivity contribution is 0.272. The van der Waals surface area contributed by atoms with Crippen molar-refractivity contribution < 1.29 is 0 Å². The molecule has 5 nitrogen and oxygen atoms in total. The van der Waals surface area contributed by atoms with E-state index in [1.165, 1.54) is 30.3 Å². The van der Waals surface area contributed by atoms with E-state index in [4.69, 9.17) is 4.98 Å². The Kier molecular flexibility index (Phi) is 5.05. The molecular weight excluding hydrogens is 370 g/mol. The predicted octanol–water partition coefficient (Wildman–Crippen LogP) is 4.82. The first-order valence-corrected chi connectivity index (χ1v) is 10.8. The zero-order valence-electron chi connectivity index (χ0n) is 17.6. The van der Waals surface area contributed by atoms with Gasteiger partial charge in [0.2, 0.25) is 0 Å². The van der Waals surface area contributed by atoms with E-state index in [0.717, 1.165) is 41.3 Å². The third-order valence-electron chi connectivity index (χ3n) is 6.31. The third-order valence-corrected chi connectivity index (χ3v) is 6.31. The van der Waals surface area contributed by atoms with Crippen LogP contribution in [0, 0.1) is 6.92 Å². The van der Waals surface area contributed by atoms with Crippen LogP contribution in [0.3, 0.4) is 0 Å². The second-order valence-corrected chi connectivity index (χ2v) is 8.21. The molecule has 0 spiro atoms. The first kappa shape index (κ1) is 18.9. The molecule has 152 valence electrons. The van der Waals surface area contributed by atoms with E-state index in [2.05, 4.69) is 59.2 Å². The zero-order valence-corrected chi connectivity index (χ0v) is 17.6. The summed E-state index contributed by atoms with van der Waals surface area (Å²) in [7, 11) is 0. The van der Waals surface area contributed by atoms with E-state index in [1.807, 2.05) is 29.1 Å². The van der Waals surface area contributed by atoms with Crippen LogP contribution in [0.1, 0.15) is 31.0 Å². The zero-order chi connectivity index (χ0) is 20.5. The molecule has 0 N–H and O–H groups in total. The molecule has 0 amide bonds. The van der Waals surface area contributed by atoms with Crippen LogP contribution in [-0.4, -0.2) is 43.8 Å². The lowest BCUT2D eigenvalue weighted by atomic mass is 10.0. The molecule has 0 bridgehead atoms. The van der Waals surface area contributed by atoms with Gasteiger partial charge in [-0.25, -0.2) is 14.6 Å². The van der Waals surface area contributed by atoms with Gasteiger partial charge in [0.15, 0.2) is 5.82 Å². The van der Waals surface area contributed by atoms with Crippen molar-refractivity contribution >= 4 is 10.9 Å². The molecule has 0 saturated carbocycles. The van der Waals surface area contributed by atoms with E-state index >= 15 is 0 Å². The highest BCUT2D eigenvalue weighted by atomic mass is 15.3. The molecule has 1 aromatic carbocycles. The first-order valence-electron chi connectivity index (χ1n) is 10.8. The molecule has 0 unspecified atom stereocenters. The standard InChI is InChI=1S/C25H27N5/c1-18-7-6-15-29(18)16-13-21-9-5-8-20-11-12-23(28-25(20)21)22-17-27-30(19(22)2)24-10-3-4-14-26-24/h3-5,8-12,14,17-18H,6-7,13,15-16H2,1-2H3/t18-/m1/s1. The summed E-state index contributed by atoms with van der Waals surface area (Å²) in [5.74, 6) is 0.822. The molecule has 0 radical (unpaired) electrons. The van der Waals surface area contributed by atoms with Crippen LogP contribution in [0.15, 0.2) is 60.9 Å².